The second kappa shape index (κ2) is 8.13. The molecule has 8 nitrogen and oxygen atoms in total. The molecule has 3 unspecified atom stereocenters. The van der Waals surface area contributed by atoms with Crippen molar-refractivity contribution in [1.29, 1.82) is 0 Å². The van der Waals surface area contributed by atoms with Crippen LogP contribution in [0.4, 0.5) is 18.3 Å². The van der Waals surface area contributed by atoms with Crippen molar-refractivity contribution in [3.8, 4) is 0 Å². The second-order valence-electron chi connectivity index (χ2n) is 6.99. The van der Waals surface area contributed by atoms with Gasteiger partial charge in [-0.05, 0) is 17.7 Å². The van der Waals surface area contributed by atoms with E-state index in [0.29, 0.717) is 0 Å². The van der Waals surface area contributed by atoms with E-state index >= 15 is 0 Å². The SMILES string of the molecule is Nc1nc(/C(=C/c2ccccc2C(F)(F)F)C(=O)NC2C(=O)N3C(C(=O)O)CSC23)cs1. The van der Waals surface area contributed by atoms with E-state index in [-0.39, 0.29) is 27.7 Å². The second-order valence-corrected chi connectivity index (χ2v) is 9.03. The maximum atomic E-state index is 13.4. The standard InChI is InChI=1S/C19H15F3N4O4S2/c20-19(21,22)10-4-2-1-3-8(10)5-9(11-6-32-18(23)24-11)14(27)25-13-15(28)26-12(17(29)30)7-31-16(13)26/h1-6,12-13,16H,7H2,(H2,23,24)(H,25,27)(H,29,30)/b9-5-. The first-order chi connectivity index (χ1) is 15.1. The van der Waals surface area contributed by atoms with E-state index in [1.54, 1.807) is 0 Å². The minimum atomic E-state index is -4.65. The molecule has 0 bridgehead atoms. The van der Waals surface area contributed by atoms with Crippen molar-refractivity contribution in [2.45, 2.75) is 23.6 Å². The number of aliphatic carboxylic acids is 1. The van der Waals surface area contributed by atoms with Gasteiger partial charge in [-0.3, -0.25) is 9.59 Å². The highest BCUT2D eigenvalue weighted by Gasteiger charge is 2.57. The number of rotatable bonds is 5. The zero-order chi connectivity index (χ0) is 23.2. The van der Waals surface area contributed by atoms with Crippen molar-refractivity contribution in [2.24, 2.45) is 0 Å². The van der Waals surface area contributed by atoms with Crippen LogP contribution in [0.1, 0.15) is 16.8 Å². The Balaban J connectivity index is 1.65. The van der Waals surface area contributed by atoms with Crippen LogP contribution in [0.15, 0.2) is 29.6 Å². The van der Waals surface area contributed by atoms with Gasteiger partial charge in [0.25, 0.3) is 5.91 Å². The van der Waals surface area contributed by atoms with Gasteiger partial charge in [0.2, 0.25) is 5.91 Å². The van der Waals surface area contributed by atoms with Crippen molar-refractivity contribution >= 4 is 57.7 Å². The fourth-order valence-corrected chi connectivity index (χ4v) is 5.54. The number of aromatic nitrogens is 1. The molecule has 1 aromatic heterocycles. The summed E-state index contributed by atoms with van der Waals surface area (Å²) in [5.41, 5.74) is 4.31. The number of carboxylic acids is 1. The molecule has 0 radical (unpaired) electrons. The maximum absolute atomic E-state index is 13.4. The molecule has 168 valence electrons. The van der Waals surface area contributed by atoms with Gasteiger partial charge in [0.15, 0.2) is 5.13 Å². The summed E-state index contributed by atoms with van der Waals surface area (Å²) in [6, 6.07) is 2.78. The molecule has 32 heavy (non-hydrogen) atoms. The molecule has 4 N–H and O–H groups in total. The van der Waals surface area contributed by atoms with Crippen LogP contribution >= 0.6 is 23.1 Å². The van der Waals surface area contributed by atoms with E-state index in [2.05, 4.69) is 10.3 Å². The lowest BCUT2D eigenvalue weighted by Gasteiger charge is -2.43. The van der Waals surface area contributed by atoms with Gasteiger partial charge in [-0.25, -0.2) is 9.78 Å². The molecule has 4 rings (SSSR count). The number of hydrogen-bond donors (Lipinski definition) is 3. The summed E-state index contributed by atoms with van der Waals surface area (Å²) >= 11 is 2.22. The normalized spacial score (nSPS) is 23.0. The number of amides is 2. The Morgan fingerprint density at radius 3 is 2.66 bits per heavy atom. The molecule has 2 fully saturated rings. The van der Waals surface area contributed by atoms with Gasteiger partial charge in [0, 0.05) is 11.1 Å². The number of carbonyl (C=O) groups excluding carboxylic acids is 2. The van der Waals surface area contributed by atoms with Crippen molar-refractivity contribution < 1.29 is 32.7 Å². The fourth-order valence-electron chi connectivity index (χ4n) is 3.51. The molecular weight excluding hydrogens is 469 g/mol. The van der Waals surface area contributed by atoms with Gasteiger partial charge < -0.3 is 21.1 Å². The molecule has 13 heteroatoms. The summed E-state index contributed by atoms with van der Waals surface area (Å²) in [4.78, 5) is 41.9. The van der Waals surface area contributed by atoms with Crippen molar-refractivity contribution in [3.05, 3.63) is 46.5 Å². The first kappa shape index (κ1) is 22.1. The van der Waals surface area contributed by atoms with E-state index in [1.807, 2.05) is 0 Å². The first-order valence-electron chi connectivity index (χ1n) is 9.14. The highest BCUT2D eigenvalue weighted by Crippen LogP contribution is 2.40. The molecular formula is C19H15F3N4O4S2. The van der Waals surface area contributed by atoms with Gasteiger partial charge in [0.05, 0.1) is 16.8 Å². The molecule has 1 aromatic carbocycles. The molecule has 2 saturated heterocycles. The number of anilines is 1. The lowest BCUT2D eigenvalue weighted by atomic mass is 10.0. The van der Waals surface area contributed by atoms with Gasteiger partial charge in [-0.15, -0.1) is 23.1 Å². The average Bonchev–Trinajstić information content (AvgIpc) is 3.33. The minimum Gasteiger partial charge on any atom is -0.480 e. The largest absolute Gasteiger partial charge is 0.480 e. The number of β-lactam (4-membered cyclic amide) rings is 1. The molecule has 3 heterocycles. The quantitative estimate of drug-likeness (QED) is 0.439. The van der Waals surface area contributed by atoms with Crippen LogP contribution in [0, 0.1) is 0 Å². The molecule has 2 aliphatic heterocycles. The van der Waals surface area contributed by atoms with Crippen LogP contribution in [0.3, 0.4) is 0 Å². The number of halogens is 3. The molecule has 0 aliphatic carbocycles. The lowest BCUT2D eigenvalue weighted by molar-refractivity contribution is -0.158. The van der Waals surface area contributed by atoms with Crippen molar-refractivity contribution in [1.82, 2.24) is 15.2 Å². The number of carboxylic acid groups (broad SMARTS) is 1. The van der Waals surface area contributed by atoms with E-state index in [4.69, 9.17) is 5.73 Å². The van der Waals surface area contributed by atoms with Crippen LogP contribution in [0.5, 0.6) is 0 Å². The summed E-state index contributed by atoms with van der Waals surface area (Å²) in [6.45, 7) is 0. The molecule has 2 aromatic rings. The number of nitrogen functional groups attached to an aromatic ring is 1. The van der Waals surface area contributed by atoms with E-state index in [0.717, 1.165) is 23.5 Å². The van der Waals surface area contributed by atoms with Crippen LogP contribution in [0.25, 0.3) is 11.6 Å². The Hall–Kier alpha value is -3.06. The topological polar surface area (TPSA) is 126 Å². The monoisotopic (exact) mass is 484 g/mol. The predicted molar refractivity (Wildman–Crippen MR) is 112 cm³/mol. The number of thioether (sulfide) groups is 1. The van der Waals surface area contributed by atoms with Crippen LogP contribution in [-0.2, 0) is 20.6 Å². The summed E-state index contributed by atoms with van der Waals surface area (Å²) in [6.07, 6.45) is -3.60. The summed E-state index contributed by atoms with van der Waals surface area (Å²) in [5.74, 6) is -2.33. The Morgan fingerprint density at radius 1 is 1.31 bits per heavy atom. The highest BCUT2D eigenvalue weighted by atomic mass is 32.2. The third-order valence-electron chi connectivity index (χ3n) is 5.02. The van der Waals surface area contributed by atoms with Crippen molar-refractivity contribution in [3.63, 3.8) is 0 Å². The zero-order valence-electron chi connectivity index (χ0n) is 16.0. The van der Waals surface area contributed by atoms with Gasteiger partial charge >= 0.3 is 12.1 Å². The highest BCUT2D eigenvalue weighted by molar-refractivity contribution is 8.00. The summed E-state index contributed by atoms with van der Waals surface area (Å²) in [5, 5.41) is 12.7. The fraction of sp³-hybridized carbons (Fsp3) is 0.263. The predicted octanol–water partition coefficient (Wildman–Crippen LogP) is 2.14. The number of nitrogens with zero attached hydrogens (tertiary/aromatic N) is 2. The first-order valence-corrected chi connectivity index (χ1v) is 11.1. The number of nitrogens with one attached hydrogen (secondary N) is 1. The van der Waals surface area contributed by atoms with Crippen LogP contribution in [-0.4, -0.2) is 56.0 Å². The molecule has 0 spiro atoms. The smallest absolute Gasteiger partial charge is 0.416 e. The number of alkyl halides is 3. The van der Waals surface area contributed by atoms with Crippen LogP contribution < -0.4 is 11.1 Å². The van der Waals surface area contributed by atoms with Crippen molar-refractivity contribution in [2.75, 3.05) is 11.5 Å². The zero-order valence-corrected chi connectivity index (χ0v) is 17.6. The molecule has 3 atom stereocenters. The number of carbonyl (C=O) groups is 3. The number of benzene rings is 1. The summed E-state index contributed by atoms with van der Waals surface area (Å²) < 4.78 is 40.2. The Labute approximate surface area is 187 Å². The summed E-state index contributed by atoms with van der Waals surface area (Å²) in [7, 11) is 0. The average molecular weight is 484 g/mol. The van der Waals surface area contributed by atoms with E-state index < -0.39 is 47.0 Å². The van der Waals surface area contributed by atoms with Crippen LogP contribution in [0.2, 0.25) is 0 Å². The van der Waals surface area contributed by atoms with Gasteiger partial charge in [-0.2, -0.15) is 13.2 Å². The Bertz CT molecular complexity index is 1130. The lowest BCUT2D eigenvalue weighted by Crippen LogP contribution is -2.70. The van der Waals surface area contributed by atoms with Gasteiger partial charge in [0.1, 0.15) is 17.5 Å². The van der Waals surface area contributed by atoms with E-state index in [1.165, 1.54) is 40.2 Å². The minimum absolute atomic E-state index is 0.0630. The van der Waals surface area contributed by atoms with Gasteiger partial charge in [-0.1, -0.05) is 18.2 Å². The Kier molecular flexibility index (Phi) is 5.63. The maximum Gasteiger partial charge on any atom is 0.416 e. The Morgan fingerprint density at radius 2 is 2.03 bits per heavy atom. The number of fused-ring (bicyclic) bond motifs is 1. The third-order valence-corrected chi connectivity index (χ3v) is 7.04. The number of hydrogen-bond acceptors (Lipinski definition) is 7. The number of nitrogens with two attached hydrogens (primary N) is 1. The molecule has 2 aliphatic rings. The van der Waals surface area contributed by atoms with E-state index in [9.17, 15) is 32.7 Å². The third kappa shape index (κ3) is 3.93. The molecule has 2 amide bonds. The molecule has 0 saturated carbocycles. The number of thiazole rings is 1.